The van der Waals surface area contributed by atoms with Crippen LogP contribution in [-0.4, -0.2) is 23.3 Å². The van der Waals surface area contributed by atoms with E-state index in [1.807, 2.05) is 6.08 Å². The lowest BCUT2D eigenvalue weighted by Gasteiger charge is -2.48. The van der Waals surface area contributed by atoms with E-state index in [4.69, 9.17) is 0 Å². The molecule has 1 fully saturated rings. The number of hydrogen-bond acceptors (Lipinski definition) is 3. The molecular weight excluding hydrogens is 288 g/mol. The Balaban J connectivity index is 2.46. The van der Waals surface area contributed by atoms with Crippen molar-refractivity contribution in [1.82, 2.24) is 0 Å². The summed E-state index contributed by atoms with van der Waals surface area (Å²) in [6, 6.07) is 0. The molecule has 0 aromatic carbocycles. The summed E-state index contributed by atoms with van der Waals surface area (Å²) in [4.78, 5) is 24.7. The maximum absolute atomic E-state index is 12.8. The zero-order valence-electron chi connectivity index (χ0n) is 14.8. The monoisotopic (exact) mass is 318 g/mol. The first-order valence-electron chi connectivity index (χ1n) is 8.80. The molecule has 0 aromatic rings. The fourth-order valence-electron chi connectivity index (χ4n) is 4.26. The van der Waals surface area contributed by atoms with Gasteiger partial charge >= 0.3 is 0 Å². The number of ketones is 1. The fraction of sp³-hybridized carbons (Fsp3) is 0.700. The largest absolute Gasteiger partial charge is 0.381 e. The Morgan fingerprint density at radius 1 is 1.26 bits per heavy atom. The molecule has 0 unspecified atom stereocenters. The highest BCUT2D eigenvalue weighted by atomic mass is 16.3. The van der Waals surface area contributed by atoms with Crippen molar-refractivity contribution in [2.24, 2.45) is 23.2 Å². The molecule has 3 heteroatoms. The molecule has 2 aliphatic carbocycles. The molecule has 0 aromatic heterocycles. The van der Waals surface area contributed by atoms with Crippen LogP contribution in [0.2, 0.25) is 0 Å². The normalized spacial score (nSPS) is 44.1. The van der Waals surface area contributed by atoms with E-state index in [0.717, 1.165) is 32.0 Å². The first-order chi connectivity index (χ1) is 10.8. The lowest BCUT2D eigenvalue weighted by atomic mass is 9.55. The van der Waals surface area contributed by atoms with E-state index in [2.05, 4.69) is 26.8 Å². The molecule has 2 aliphatic rings. The average Bonchev–Trinajstić information content (AvgIpc) is 2.53. The molecule has 1 N–H and O–H groups in total. The molecule has 0 amide bonds. The molecule has 128 valence electrons. The standard InChI is InChI=1S/C20H30O3/c1-13-6-5-7-14(2)18(22)19(23)16-9-8-15(3)20(4,11-10-13)17(16)12-21/h6-7,12,15-18,22H,5,8-11H2,1-4H3/b13-6+,14-7+/t15-,16-,17+,18+,20+/m1/s1. The molecule has 5 atom stereocenters. The number of carbonyl (C=O) groups excluding carboxylic acids is 2. The fourth-order valence-corrected chi connectivity index (χ4v) is 4.26. The third-order valence-electron chi connectivity index (χ3n) is 6.41. The van der Waals surface area contributed by atoms with Crippen molar-refractivity contribution in [2.45, 2.75) is 65.9 Å². The van der Waals surface area contributed by atoms with Crippen LogP contribution in [0.15, 0.2) is 23.3 Å². The maximum Gasteiger partial charge on any atom is 0.169 e. The first kappa shape index (κ1) is 18.1. The second-order valence-corrected chi connectivity index (χ2v) is 7.79. The molecule has 3 nitrogen and oxygen atoms in total. The number of Topliss-reactive ketones (excluding diaryl/α,β-unsaturated/α-hetero) is 1. The van der Waals surface area contributed by atoms with Crippen molar-refractivity contribution < 1.29 is 14.7 Å². The first-order valence-corrected chi connectivity index (χ1v) is 8.80. The van der Waals surface area contributed by atoms with Crippen LogP contribution >= 0.6 is 0 Å². The van der Waals surface area contributed by atoms with E-state index in [1.54, 1.807) is 6.92 Å². The van der Waals surface area contributed by atoms with Gasteiger partial charge in [-0.25, -0.2) is 0 Å². The van der Waals surface area contributed by atoms with Crippen molar-refractivity contribution in [3.63, 3.8) is 0 Å². The molecule has 1 saturated carbocycles. The van der Waals surface area contributed by atoms with Gasteiger partial charge in [-0.05, 0) is 62.9 Å². The predicted molar refractivity (Wildman–Crippen MR) is 91.9 cm³/mol. The molecule has 2 rings (SSSR count). The molecule has 0 spiro atoms. The third kappa shape index (κ3) is 3.50. The number of aldehydes is 1. The second kappa shape index (κ2) is 7.12. The van der Waals surface area contributed by atoms with Gasteiger partial charge in [0.2, 0.25) is 0 Å². The zero-order chi connectivity index (χ0) is 17.2. The zero-order valence-corrected chi connectivity index (χ0v) is 14.8. The van der Waals surface area contributed by atoms with Gasteiger partial charge in [0.1, 0.15) is 12.4 Å². The van der Waals surface area contributed by atoms with Gasteiger partial charge in [-0.15, -0.1) is 0 Å². The Morgan fingerprint density at radius 2 is 1.96 bits per heavy atom. The van der Waals surface area contributed by atoms with Gasteiger partial charge in [-0.1, -0.05) is 31.6 Å². The Kier molecular flexibility index (Phi) is 5.61. The van der Waals surface area contributed by atoms with Crippen molar-refractivity contribution >= 4 is 12.1 Å². The summed E-state index contributed by atoms with van der Waals surface area (Å²) in [7, 11) is 0. The summed E-state index contributed by atoms with van der Waals surface area (Å²) in [5.41, 5.74) is 1.84. The van der Waals surface area contributed by atoms with Crippen molar-refractivity contribution in [1.29, 1.82) is 0 Å². The lowest BCUT2D eigenvalue weighted by Crippen LogP contribution is -2.48. The minimum atomic E-state index is -1.08. The van der Waals surface area contributed by atoms with Gasteiger partial charge in [-0.2, -0.15) is 0 Å². The summed E-state index contributed by atoms with van der Waals surface area (Å²) < 4.78 is 0. The van der Waals surface area contributed by atoms with Gasteiger partial charge in [0.25, 0.3) is 0 Å². The van der Waals surface area contributed by atoms with Gasteiger partial charge in [-0.3, -0.25) is 4.79 Å². The van der Waals surface area contributed by atoms with Crippen LogP contribution in [0.5, 0.6) is 0 Å². The minimum absolute atomic E-state index is 0.171. The quantitative estimate of drug-likeness (QED) is 0.590. The highest BCUT2D eigenvalue weighted by molar-refractivity contribution is 5.90. The smallest absolute Gasteiger partial charge is 0.169 e. The van der Waals surface area contributed by atoms with Crippen LogP contribution < -0.4 is 0 Å². The van der Waals surface area contributed by atoms with Crippen molar-refractivity contribution in [3.8, 4) is 0 Å². The average molecular weight is 318 g/mol. The lowest BCUT2D eigenvalue weighted by molar-refractivity contribution is -0.142. The van der Waals surface area contributed by atoms with Crippen molar-refractivity contribution in [2.75, 3.05) is 0 Å². The van der Waals surface area contributed by atoms with E-state index >= 15 is 0 Å². The Bertz CT molecular complexity index is 531. The van der Waals surface area contributed by atoms with Crippen LogP contribution in [0.3, 0.4) is 0 Å². The van der Waals surface area contributed by atoms with E-state index in [-0.39, 0.29) is 23.0 Å². The van der Waals surface area contributed by atoms with Gasteiger partial charge < -0.3 is 9.90 Å². The molecular formula is C20H30O3. The summed E-state index contributed by atoms with van der Waals surface area (Å²) in [5, 5.41) is 10.4. The summed E-state index contributed by atoms with van der Waals surface area (Å²) in [5.74, 6) is -0.411. The summed E-state index contributed by atoms with van der Waals surface area (Å²) in [6.07, 6.45) is 8.26. The number of allylic oxidation sites excluding steroid dienone is 3. The van der Waals surface area contributed by atoms with Gasteiger partial charge in [0.15, 0.2) is 5.78 Å². The summed E-state index contributed by atoms with van der Waals surface area (Å²) in [6.45, 7) is 8.28. The van der Waals surface area contributed by atoms with Crippen LogP contribution in [0.4, 0.5) is 0 Å². The van der Waals surface area contributed by atoms with Crippen LogP contribution in [0.1, 0.15) is 59.8 Å². The Morgan fingerprint density at radius 3 is 2.61 bits per heavy atom. The topological polar surface area (TPSA) is 54.4 Å². The molecule has 0 aliphatic heterocycles. The van der Waals surface area contributed by atoms with Crippen LogP contribution in [0, 0.1) is 23.2 Å². The molecule has 23 heavy (non-hydrogen) atoms. The van der Waals surface area contributed by atoms with E-state index < -0.39 is 6.10 Å². The second-order valence-electron chi connectivity index (χ2n) is 7.79. The minimum Gasteiger partial charge on any atom is -0.381 e. The summed E-state index contributed by atoms with van der Waals surface area (Å²) >= 11 is 0. The van der Waals surface area contributed by atoms with Gasteiger partial charge in [0, 0.05) is 11.8 Å². The van der Waals surface area contributed by atoms with E-state index in [9.17, 15) is 14.7 Å². The van der Waals surface area contributed by atoms with Crippen LogP contribution in [-0.2, 0) is 9.59 Å². The Hall–Kier alpha value is -1.22. The van der Waals surface area contributed by atoms with E-state index in [0.29, 0.717) is 17.9 Å². The Labute approximate surface area is 139 Å². The number of rotatable bonds is 1. The number of aliphatic hydroxyl groups is 1. The van der Waals surface area contributed by atoms with E-state index in [1.165, 1.54) is 5.57 Å². The SMILES string of the molecule is C/C1=C\C/C=C(\C)[C@H](O)C(=O)[C@@H]2CC[C@@H](C)[C@](C)(CC1)[C@H]2C=O. The van der Waals surface area contributed by atoms with Crippen molar-refractivity contribution in [3.05, 3.63) is 23.3 Å². The third-order valence-corrected chi connectivity index (χ3v) is 6.41. The molecule has 0 heterocycles. The number of aliphatic hydroxyl groups excluding tert-OH is 1. The molecule has 0 radical (unpaired) electrons. The number of hydrogen-bond donors (Lipinski definition) is 1. The predicted octanol–water partition coefficient (Wildman–Crippen LogP) is 3.86. The number of carbonyl (C=O) groups is 2. The molecule has 2 bridgehead atoms. The molecule has 0 saturated heterocycles. The maximum atomic E-state index is 12.8. The number of fused-ring (bicyclic) bond motifs is 2. The van der Waals surface area contributed by atoms with Gasteiger partial charge in [0.05, 0.1) is 0 Å². The highest BCUT2D eigenvalue weighted by Crippen LogP contribution is 2.51. The highest BCUT2D eigenvalue weighted by Gasteiger charge is 2.49. The van der Waals surface area contributed by atoms with Crippen LogP contribution in [0.25, 0.3) is 0 Å².